The lowest BCUT2D eigenvalue weighted by Crippen LogP contribution is -2.23. The Bertz CT molecular complexity index is 1130. The van der Waals surface area contributed by atoms with E-state index < -0.39 is 15.7 Å². The van der Waals surface area contributed by atoms with Crippen molar-refractivity contribution in [3.8, 4) is 0 Å². The van der Waals surface area contributed by atoms with Gasteiger partial charge in [-0.3, -0.25) is 9.59 Å². The van der Waals surface area contributed by atoms with E-state index in [0.717, 1.165) is 16.9 Å². The molecular weight excluding hydrogens is 444 g/mol. The van der Waals surface area contributed by atoms with Crippen LogP contribution in [0.4, 0.5) is 5.69 Å². The molecule has 0 saturated heterocycles. The summed E-state index contributed by atoms with van der Waals surface area (Å²) in [7, 11) is -3.46. The molecule has 0 atom stereocenters. The van der Waals surface area contributed by atoms with Crippen molar-refractivity contribution in [1.82, 2.24) is 5.32 Å². The third-order valence-electron chi connectivity index (χ3n) is 4.23. The van der Waals surface area contributed by atoms with Gasteiger partial charge in [-0.1, -0.05) is 35.9 Å². The van der Waals surface area contributed by atoms with Gasteiger partial charge >= 0.3 is 0 Å². The molecule has 2 aromatic carbocycles. The minimum Gasteiger partial charge on any atom is -0.348 e. The number of benzene rings is 2. The van der Waals surface area contributed by atoms with Crippen LogP contribution in [0.3, 0.4) is 0 Å². The molecule has 0 radical (unpaired) electrons. The monoisotopic (exact) mass is 462 g/mol. The van der Waals surface area contributed by atoms with Gasteiger partial charge in [-0.15, -0.1) is 11.3 Å². The number of thiophene rings is 1. The first-order valence-corrected chi connectivity index (χ1v) is 11.9. The second-order valence-corrected chi connectivity index (χ2v) is 10.1. The van der Waals surface area contributed by atoms with Crippen LogP contribution in [0.1, 0.15) is 22.3 Å². The van der Waals surface area contributed by atoms with Crippen LogP contribution >= 0.6 is 22.9 Å². The van der Waals surface area contributed by atoms with Gasteiger partial charge in [0.1, 0.15) is 4.21 Å². The number of sulfone groups is 1. The summed E-state index contributed by atoms with van der Waals surface area (Å²) < 4.78 is 24.5. The van der Waals surface area contributed by atoms with Crippen LogP contribution in [0.15, 0.2) is 70.3 Å². The van der Waals surface area contributed by atoms with Gasteiger partial charge in [-0.05, 0) is 47.3 Å². The van der Waals surface area contributed by atoms with Gasteiger partial charge in [0.2, 0.25) is 5.91 Å². The lowest BCUT2D eigenvalue weighted by molar-refractivity contribution is -0.115. The Kier molecular flexibility index (Phi) is 7.25. The van der Waals surface area contributed by atoms with Crippen molar-refractivity contribution in [3.63, 3.8) is 0 Å². The van der Waals surface area contributed by atoms with Crippen molar-refractivity contribution >= 4 is 50.3 Å². The molecule has 3 aromatic rings. The zero-order chi connectivity index (χ0) is 21.6. The number of amides is 2. The third-order valence-corrected chi connectivity index (χ3v) is 7.80. The van der Waals surface area contributed by atoms with E-state index in [0.29, 0.717) is 22.8 Å². The summed E-state index contributed by atoms with van der Waals surface area (Å²) in [6.07, 6.45) is -0.152. The number of carbonyl (C=O) groups excluding carboxylic acids is 2. The smallest absolute Gasteiger partial charge is 0.251 e. The largest absolute Gasteiger partial charge is 0.348 e. The number of anilines is 1. The molecule has 0 aliphatic carbocycles. The average Bonchev–Trinajstić information content (AvgIpc) is 3.28. The number of nitrogens with one attached hydrogen (secondary N) is 2. The first-order chi connectivity index (χ1) is 14.3. The molecule has 0 fully saturated rings. The molecule has 156 valence electrons. The quantitative estimate of drug-likeness (QED) is 0.526. The van der Waals surface area contributed by atoms with E-state index >= 15 is 0 Å². The van der Waals surface area contributed by atoms with Crippen LogP contribution in [0, 0.1) is 0 Å². The van der Waals surface area contributed by atoms with Crippen LogP contribution in [0.2, 0.25) is 5.02 Å². The molecule has 2 amide bonds. The fourth-order valence-electron chi connectivity index (χ4n) is 2.62. The summed E-state index contributed by atoms with van der Waals surface area (Å²) >= 11 is 7.21. The van der Waals surface area contributed by atoms with E-state index in [2.05, 4.69) is 10.6 Å². The number of hydrogen-bond donors (Lipinski definition) is 2. The van der Waals surface area contributed by atoms with Gasteiger partial charge in [0.25, 0.3) is 5.91 Å². The van der Waals surface area contributed by atoms with Gasteiger partial charge < -0.3 is 10.6 Å². The van der Waals surface area contributed by atoms with E-state index in [9.17, 15) is 18.0 Å². The summed E-state index contributed by atoms with van der Waals surface area (Å²) in [4.78, 5) is 24.4. The summed E-state index contributed by atoms with van der Waals surface area (Å²) in [6.45, 7) is 0.301. The van der Waals surface area contributed by atoms with Gasteiger partial charge in [-0.2, -0.15) is 0 Å². The van der Waals surface area contributed by atoms with Gasteiger partial charge in [0.05, 0.1) is 5.75 Å². The van der Waals surface area contributed by atoms with Crippen molar-refractivity contribution in [2.45, 2.75) is 17.2 Å². The molecule has 1 aromatic heterocycles. The molecule has 0 saturated carbocycles. The van der Waals surface area contributed by atoms with Crippen molar-refractivity contribution in [3.05, 3.63) is 82.2 Å². The molecule has 0 unspecified atom stereocenters. The Labute approximate surface area is 183 Å². The van der Waals surface area contributed by atoms with Crippen LogP contribution in [0.5, 0.6) is 0 Å². The van der Waals surface area contributed by atoms with E-state index in [1.54, 1.807) is 41.8 Å². The summed E-state index contributed by atoms with van der Waals surface area (Å²) in [5.41, 5.74) is 1.73. The molecule has 0 bridgehead atoms. The highest BCUT2D eigenvalue weighted by Gasteiger charge is 2.17. The molecule has 2 N–H and O–H groups in total. The minimum absolute atomic E-state index is 0.152. The molecule has 3 rings (SSSR count). The van der Waals surface area contributed by atoms with Crippen LogP contribution in [-0.4, -0.2) is 26.0 Å². The molecule has 0 aliphatic heterocycles. The van der Waals surface area contributed by atoms with E-state index in [4.69, 9.17) is 11.6 Å². The molecule has 6 nitrogen and oxygen atoms in total. The number of carbonyl (C=O) groups is 2. The summed E-state index contributed by atoms with van der Waals surface area (Å²) in [5, 5.41) is 7.69. The average molecular weight is 463 g/mol. The Morgan fingerprint density at radius 2 is 1.70 bits per heavy atom. The number of hydrogen-bond acceptors (Lipinski definition) is 5. The first-order valence-electron chi connectivity index (χ1n) is 9.03. The van der Waals surface area contributed by atoms with Crippen molar-refractivity contribution in [2.24, 2.45) is 0 Å². The maximum atomic E-state index is 12.3. The molecule has 0 spiro atoms. The standard InChI is InChI=1S/C21H19ClN2O4S2/c22-18-5-2-1-4-16(18)14-23-21(26)15-7-9-17(10-8-15)24-19(25)11-13-30(27,28)20-6-3-12-29-20/h1-10,12H,11,13-14H2,(H,23,26)(H,24,25). The zero-order valence-electron chi connectivity index (χ0n) is 15.8. The second-order valence-electron chi connectivity index (χ2n) is 6.40. The molecule has 9 heteroatoms. The fraction of sp³-hybridized carbons (Fsp3) is 0.143. The molecule has 1 heterocycles. The molecular formula is C21H19ClN2O4S2. The summed E-state index contributed by atoms with van der Waals surface area (Å²) in [6, 6.07) is 16.8. The zero-order valence-corrected chi connectivity index (χ0v) is 18.2. The Morgan fingerprint density at radius 1 is 0.967 bits per heavy atom. The predicted octanol–water partition coefficient (Wildman–Crippen LogP) is 4.13. The maximum absolute atomic E-state index is 12.3. The lowest BCUT2D eigenvalue weighted by Gasteiger charge is -2.09. The van der Waals surface area contributed by atoms with Gasteiger partial charge in [0, 0.05) is 29.2 Å². The van der Waals surface area contributed by atoms with E-state index in [-0.39, 0.29) is 22.3 Å². The summed E-state index contributed by atoms with van der Waals surface area (Å²) in [5.74, 6) is -0.942. The Hall–Kier alpha value is -2.68. The highest BCUT2D eigenvalue weighted by molar-refractivity contribution is 7.93. The van der Waals surface area contributed by atoms with Crippen LogP contribution in [-0.2, 0) is 21.2 Å². The topological polar surface area (TPSA) is 92.3 Å². The maximum Gasteiger partial charge on any atom is 0.251 e. The van der Waals surface area contributed by atoms with Crippen molar-refractivity contribution < 1.29 is 18.0 Å². The van der Waals surface area contributed by atoms with Crippen molar-refractivity contribution in [1.29, 1.82) is 0 Å². The first kappa shape index (κ1) is 22.0. The fourth-order valence-corrected chi connectivity index (χ4v) is 5.21. The molecule has 0 aliphatic rings. The number of halogens is 1. The van der Waals surface area contributed by atoms with Gasteiger partial charge in [0.15, 0.2) is 9.84 Å². The van der Waals surface area contributed by atoms with Gasteiger partial charge in [-0.25, -0.2) is 8.42 Å². The Balaban J connectivity index is 1.50. The second kappa shape index (κ2) is 9.88. The minimum atomic E-state index is -3.46. The number of rotatable bonds is 8. The highest BCUT2D eigenvalue weighted by atomic mass is 35.5. The highest BCUT2D eigenvalue weighted by Crippen LogP contribution is 2.19. The predicted molar refractivity (Wildman–Crippen MR) is 119 cm³/mol. The van der Waals surface area contributed by atoms with Crippen molar-refractivity contribution in [2.75, 3.05) is 11.1 Å². The normalized spacial score (nSPS) is 11.1. The SMILES string of the molecule is O=C(CCS(=O)(=O)c1cccs1)Nc1ccc(C(=O)NCc2ccccc2Cl)cc1. The third kappa shape index (κ3) is 5.91. The van der Waals surface area contributed by atoms with Crippen LogP contribution < -0.4 is 10.6 Å². The lowest BCUT2D eigenvalue weighted by atomic mass is 10.1. The van der Waals surface area contributed by atoms with E-state index in [1.807, 2.05) is 18.2 Å². The molecule has 30 heavy (non-hydrogen) atoms. The van der Waals surface area contributed by atoms with Crippen LogP contribution in [0.25, 0.3) is 0 Å². The van der Waals surface area contributed by atoms with E-state index in [1.165, 1.54) is 6.07 Å². The Morgan fingerprint density at radius 3 is 2.37 bits per heavy atom.